The van der Waals surface area contributed by atoms with Gasteiger partial charge in [0.2, 0.25) is 0 Å². The summed E-state index contributed by atoms with van der Waals surface area (Å²) in [6, 6.07) is 0. The molecule has 1 spiro atoms. The van der Waals surface area contributed by atoms with Crippen molar-refractivity contribution in [3.8, 4) is 0 Å². The van der Waals surface area contributed by atoms with Gasteiger partial charge in [0.15, 0.2) is 0 Å². The molecule has 1 heterocycles. The SMILES string of the molecule is CC1(C)C=COC12CCCC2.I. The number of halogens is 1. The van der Waals surface area contributed by atoms with E-state index in [1.165, 1.54) is 25.7 Å². The van der Waals surface area contributed by atoms with Gasteiger partial charge in [-0.15, -0.1) is 24.0 Å². The molecule has 0 radical (unpaired) electrons. The second kappa shape index (κ2) is 3.20. The standard InChI is InChI=1S/C10H16O.HI/c1-9(2)7-8-11-10(9)5-3-4-6-10;/h7-8H,3-6H2,1-2H3;1H. The van der Waals surface area contributed by atoms with Gasteiger partial charge in [0.25, 0.3) is 0 Å². The number of ether oxygens (including phenoxy) is 1. The van der Waals surface area contributed by atoms with Crippen LogP contribution in [0.5, 0.6) is 0 Å². The van der Waals surface area contributed by atoms with Crippen LogP contribution in [0.15, 0.2) is 12.3 Å². The van der Waals surface area contributed by atoms with E-state index in [-0.39, 0.29) is 35.0 Å². The lowest BCUT2D eigenvalue weighted by molar-refractivity contribution is -0.0212. The summed E-state index contributed by atoms with van der Waals surface area (Å²) < 4.78 is 5.74. The molecular formula is C10H17IO. The minimum Gasteiger partial charge on any atom is -0.494 e. The Morgan fingerprint density at radius 3 is 2.17 bits per heavy atom. The van der Waals surface area contributed by atoms with E-state index in [0.29, 0.717) is 0 Å². The van der Waals surface area contributed by atoms with E-state index in [0.717, 1.165) is 0 Å². The molecular weight excluding hydrogens is 263 g/mol. The van der Waals surface area contributed by atoms with Crippen LogP contribution in [0.25, 0.3) is 0 Å². The van der Waals surface area contributed by atoms with Gasteiger partial charge in [-0.1, -0.05) is 13.8 Å². The summed E-state index contributed by atoms with van der Waals surface area (Å²) in [6.45, 7) is 4.56. The lowest BCUT2D eigenvalue weighted by Crippen LogP contribution is -2.38. The molecule has 1 nitrogen and oxygen atoms in total. The normalized spacial score (nSPS) is 28.5. The van der Waals surface area contributed by atoms with Crippen molar-refractivity contribution in [1.82, 2.24) is 0 Å². The van der Waals surface area contributed by atoms with Crippen LogP contribution in [-0.2, 0) is 4.74 Å². The van der Waals surface area contributed by atoms with E-state index in [1.807, 2.05) is 6.26 Å². The quantitative estimate of drug-likeness (QED) is 0.617. The van der Waals surface area contributed by atoms with Crippen LogP contribution >= 0.6 is 24.0 Å². The molecule has 70 valence electrons. The van der Waals surface area contributed by atoms with Gasteiger partial charge in [-0.05, 0) is 31.8 Å². The van der Waals surface area contributed by atoms with Gasteiger partial charge in [0.05, 0.1) is 6.26 Å². The van der Waals surface area contributed by atoms with Gasteiger partial charge >= 0.3 is 0 Å². The Labute approximate surface area is 91.6 Å². The Hall–Kier alpha value is 0.270. The minimum atomic E-state index is 0. The van der Waals surface area contributed by atoms with Crippen molar-refractivity contribution in [3.05, 3.63) is 12.3 Å². The smallest absolute Gasteiger partial charge is 0.117 e. The van der Waals surface area contributed by atoms with Crippen molar-refractivity contribution >= 4 is 24.0 Å². The van der Waals surface area contributed by atoms with Crippen LogP contribution in [0.3, 0.4) is 0 Å². The molecule has 0 unspecified atom stereocenters. The minimum absolute atomic E-state index is 0. The lowest BCUT2D eigenvalue weighted by atomic mass is 9.75. The number of hydrogen-bond donors (Lipinski definition) is 0. The Kier molecular flexibility index (Phi) is 2.76. The summed E-state index contributed by atoms with van der Waals surface area (Å²) >= 11 is 0. The summed E-state index contributed by atoms with van der Waals surface area (Å²) in [6.07, 6.45) is 9.26. The third-order valence-electron chi connectivity index (χ3n) is 3.36. The van der Waals surface area contributed by atoms with E-state index in [9.17, 15) is 0 Å². The molecule has 0 N–H and O–H groups in total. The first-order chi connectivity index (χ1) is 5.16. The summed E-state index contributed by atoms with van der Waals surface area (Å²) in [4.78, 5) is 0. The van der Waals surface area contributed by atoms with E-state index >= 15 is 0 Å². The van der Waals surface area contributed by atoms with Crippen LogP contribution in [0.1, 0.15) is 39.5 Å². The zero-order chi connectivity index (χ0) is 7.95. The predicted molar refractivity (Wildman–Crippen MR) is 60.6 cm³/mol. The maximum absolute atomic E-state index is 5.74. The highest BCUT2D eigenvalue weighted by Gasteiger charge is 2.49. The average molecular weight is 280 g/mol. The van der Waals surface area contributed by atoms with Gasteiger partial charge in [0.1, 0.15) is 5.60 Å². The molecule has 1 aliphatic carbocycles. The molecule has 0 aromatic rings. The molecule has 0 atom stereocenters. The van der Waals surface area contributed by atoms with Crippen molar-refractivity contribution in [3.63, 3.8) is 0 Å². The summed E-state index contributed by atoms with van der Waals surface area (Å²) in [5.41, 5.74) is 0.441. The first-order valence-electron chi connectivity index (χ1n) is 4.52. The molecule has 2 aliphatic rings. The van der Waals surface area contributed by atoms with Crippen LogP contribution < -0.4 is 0 Å². The first kappa shape index (κ1) is 10.4. The fourth-order valence-corrected chi connectivity index (χ4v) is 2.35. The summed E-state index contributed by atoms with van der Waals surface area (Å²) in [7, 11) is 0. The molecule has 0 aromatic heterocycles. The molecule has 2 rings (SSSR count). The van der Waals surface area contributed by atoms with Crippen LogP contribution in [0.4, 0.5) is 0 Å². The second-order valence-electron chi connectivity index (χ2n) is 4.34. The van der Waals surface area contributed by atoms with E-state index in [4.69, 9.17) is 4.74 Å². The molecule has 0 saturated heterocycles. The third kappa shape index (κ3) is 1.28. The van der Waals surface area contributed by atoms with Crippen LogP contribution in [0.2, 0.25) is 0 Å². The molecule has 12 heavy (non-hydrogen) atoms. The van der Waals surface area contributed by atoms with Crippen molar-refractivity contribution < 1.29 is 4.74 Å². The number of hydrogen-bond acceptors (Lipinski definition) is 1. The van der Waals surface area contributed by atoms with E-state index in [2.05, 4.69) is 19.9 Å². The summed E-state index contributed by atoms with van der Waals surface area (Å²) in [5, 5.41) is 0. The molecule has 1 aliphatic heterocycles. The zero-order valence-corrected chi connectivity index (χ0v) is 10.1. The topological polar surface area (TPSA) is 9.23 Å². The molecule has 1 fully saturated rings. The largest absolute Gasteiger partial charge is 0.494 e. The Balaban J connectivity index is 0.000000720. The Bertz CT molecular complexity index is 190. The van der Waals surface area contributed by atoms with Gasteiger partial charge in [-0.3, -0.25) is 0 Å². The number of rotatable bonds is 0. The fourth-order valence-electron chi connectivity index (χ4n) is 2.35. The molecule has 1 saturated carbocycles. The highest BCUT2D eigenvalue weighted by Crippen LogP contribution is 2.50. The summed E-state index contributed by atoms with van der Waals surface area (Å²) in [5.74, 6) is 0. The lowest BCUT2D eigenvalue weighted by Gasteiger charge is -2.36. The molecule has 0 bridgehead atoms. The highest BCUT2D eigenvalue weighted by molar-refractivity contribution is 14.0. The molecule has 0 aromatic carbocycles. The van der Waals surface area contributed by atoms with Crippen LogP contribution in [0, 0.1) is 5.41 Å². The van der Waals surface area contributed by atoms with Gasteiger partial charge < -0.3 is 4.74 Å². The monoisotopic (exact) mass is 280 g/mol. The zero-order valence-electron chi connectivity index (χ0n) is 7.80. The third-order valence-corrected chi connectivity index (χ3v) is 3.36. The fraction of sp³-hybridized carbons (Fsp3) is 0.800. The average Bonchev–Trinajstić information content (AvgIpc) is 2.45. The van der Waals surface area contributed by atoms with Gasteiger partial charge in [0, 0.05) is 5.41 Å². The van der Waals surface area contributed by atoms with Gasteiger partial charge in [-0.25, -0.2) is 0 Å². The maximum atomic E-state index is 5.74. The Morgan fingerprint density at radius 1 is 1.17 bits per heavy atom. The van der Waals surface area contributed by atoms with Crippen molar-refractivity contribution in [1.29, 1.82) is 0 Å². The van der Waals surface area contributed by atoms with E-state index in [1.54, 1.807) is 0 Å². The molecule has 0 amide bonds. The Morgan fingerprint density at radius 2 is 1.75 bits per heavy atom. The van der Waals surface area contributed by atoms with Crippen molar-refractivity contribution in [2.75, 3.05) is 0 Å². The van der Waals surface area contributed by atoms with Gasteiger partial charge in [-0.2, -0.15) is 0 Å². The van der Waals surface area contributed by atoms with E-state index < -0.39 is 0 Å². The van der Waals surface area contributed by atoms with Crippen molar-refractivity contribution in [2.24, 2.45) is 5.41 Å². The molecule has 2 heteroatoms. The maximum Gasteiger partial charge on any atom is 0.117 e. The predicted octanol–water partition coefficient (Wildman–Crippen LogP) is 3.49. The highest BCUT2D eigenvalue weighted by atomic mass is 127. The first-order valence-corrected chi connectivity index (χ1v) is 4.52. The van der Waals surface area contributed by atoms with Crippen LogP contribution in [-0.4, -0.2) is 5.60 Å². The van der Waals surface area contributed by atoms with Crippen molar-refractivity contribution in [2.45, 2.75) is 45.1 Å². The second-order valence-corrected chi connectivity index (χ2v) is 4.34.